The molecule has 1 aromatic carbocycles. The van der Waals surface area contributed by atoms with Crippen LogP contribution in [0.2, 0.25) is 0 Å². The molecule has 27 heavy (non-hydrogen) atoms. The highest BCUT2D eigenvalue weighted by Gasteiger charge is 2.23. The van der Waals surface area contributed by atoms with Crippen molar-refractivity contribution in [2.75, 3.05) is 19.6 Å². The first-order chi connectivity index (χ1) is 12.9. The summed E-state index contributed by atoms with van der Waals surface area (Å²) in [7, 11) is 0. The fourth-order valence-electron chi connectivity index (χ4n) is 4.21. The number of benzene rings is 1. The summed E-state index contributed by atoms with van der Waals surface area (Å²) >= 11 is 0. The van der Waals surface area contributed by atoms with Crippen LogP contribution in [-0.4, -0.2) is 46.5 Å². The number of carbonyl (C=O) groups excluding carboxylic acids is 1. The lowest BCUT2D eigenvalue weighted by atomic mass is 9.92. The number of hydrogen-bond acceptors (Lipinski definition) is 4. The van der Waals surface area contributed by atoms with Gasteiger partial charge in [0, 0.05) is 38.5 Å². The van der Waals surface area contributed by atoms with Gasteiger partial charge < -0.3 is 15.2 Å². The first-order valence-corrected chi connectivity index (χ1v) is 9.90. The van der Waals surface area contributed by atoms with Crippen LogP contribution in [0.4, 0.5) is 0 Å². The van der Waals surface area contributed by atoms with E-state index in [2.05, 4.69) is 41.0 Å². The number of carbonyl (C=O) groups is 1. The third-order valence-corrected chi connectivity index (χ3v) is 5.13. The molecule has 6 nitrogen and oxygen atoms in total. The van der Waals surface area contributed by atoms with Crippen molar-refractivity contribution < 1.29 is 4.79 Å². The largest absolute Gasteiger partial charge is 0.352 e. The Morgan fingerprint density at radius 3 is 2.74 bits per heavy atom. The number of H-pyrrole nitrogens is 1. The van der Waals surface area contributed by atoms with Crippen LogP contribution in [0.25, 0.3) is 10.9 Å². The number of nitrogens with zero attached hydrogens (tertiary/aromatic N) is 2. The van der Waals surface area contributed by atoms with Crippen molar-refractivity contribution in [1.82, 2.24) is 20.2 Å². The van der Waals surface area contributed by atoms with Crippen LogP contribution in [-0.2, 0) is 11.2 Å². The van der Waals surface area contributed by atoms with Crippen LogP contribution in [0.5, 0.6) is 0 Å². The van der Waals surface area contributed by atoms with E-state index in [4.69, 9.17) is 0 Å². The fourth-order valence-corrected chi connectivity index (χ4v) is 4.21. The molecule has 0 saturated carbocycles. The minimum absolute atomic E-state index is 0.00332. The Balaban J connectivity index is 1.50. The predicted octanol–water partition coefficient (Wildman–Crippen LogP) is 2.34. The van der Waals surface area contributed by atoms with E-state index in [9.17, 15) is 9.59 Å². The number of aromatic nitrogens is 2. The maximum Gasteiger partial charge on any atom is 0.258 e. The van der Waals surface area contributed by atoms with Crippen LogP contribution >= 0.6 is 0 Å². The number of hydrogen-bond donors (Lipinski definition) is 2. The zero-order valence-corrected chi connectivity index (χ0v) is 16.5. The number of aromatic amines is 1. The molecule has 0 bridgehead atoms. The van der Waals surface area contributed by atoms with Gasteiger partial charge in [0.05, 0.1) is 10.9 Å². The second kappa shape index (κ2) is 8.65. The molecule has 1 aromatic heterocycles. The molecule has 3 rings (SSSR count). The summed E-state index contributed by atoms with van der Waals surface area (Å²) < 4.78 is 0. The van der Waals surface area contributed by atoms with Gasteiger partial charge in [-0.25, -0.2) is 4.98 Å². The van der Waals surface area contributed by atoms with Gasteiger partial charge in [-0.1, -0.05) is 26.0 Å². The molecule has 3 atom stereocenters. The molecule has 0 aliphatic carbocycles. The normalized spacial score (nSPS) is 21.9. The number of aryl methyl sites for hydroxylation is 1. The summed E-state index contributed by atoms with van der Waals surface area (Å²) in [6.07, 6.45) is 2.03. The Morgan fingerprint density at radius 2 is 2.00 bits per heavy atom. The smallest absolute Gasteiger partial charge is 0.258 e. The van der Waals surface area contributed by atoms with E-state index < -0.39 is 0 Å². The number of rotatable bonds is 6. The van der Waals surface area contributed by atoms with Gasteiger partial charge in [-0.3, -0.25) is 9.59 Å². The van der Waals surface area contributed by atoms with E-state index >= 15 is 0 Å². The second-order valence-electron chi connectivity index (χ2n) is 8.16. The average Bonchev–Trinajstić information content (AvgIpc) is 2.59. The van der Waals surface area contributed by atoms with E-state index in [-0.39, 0.29) is 17.5 Å². The molecule has 146 valence electrons. The van der Waals surface area contributed by atoms with E-state index in [0.29, 0.717) is 41.4 Å². The lowest BCUT2D eigenvalue weighted by Crippen LogP contribution is -2.47. The Hall–Kier alpha value is -2.21. The Labute approximate surface area is 160 Å². The number of fused-ring (bicyclic) bond motifs is 1. The molecule has 1 amide bonds. The van der Waals surface area contributed by atoms with Crippen molar-refractivity contribution in [1.29, 1.82) is 0 Å². The van der Waals surface area contributed by atoms with Crippen molar-refractivity contribution in [3.8, 4) is 0 Å². The quantitative estimate of drug-likeness (QED) is 0.818. The van der Waals surface area contributed by atoms with Gasteiger partial charge in [-0.05, 0) is 37.3 Å². The number of nitrogens with one attached hydrogen (secondary N) is 2. The molecular formula is C21H30N4O2. The average molecular weight is 370 g/mol. The van der Waals surface area contributed by atoms with Gasteiger partial charge >= 0.3 is 0 Å². The standard InChI is InChI=1S/C21H30N4O2/c1-14-10-15(2)12-25(11-14)13-16(3)22-20(26)9-8-19-23-18-7-5-4-6-17(18)21(27)24-19/h4-7,14-16H,8-13H2,1-3H3,(H,22,26)(H,23,24,27). The molecule has 3 unspecified atom stereocenters. The fraction of sp³-hybridized carbons (Fsp3) is 0.571. The molecule has 2 N–H and O–H groups in total. The van der Waals surface area contributed by atoms with Crippen LogP contribution < -0.4 is 10.9 Å². The van der Waals surface area contributed by atoms with E-state index in [1.165, 1.54) is 6.42 Å². The van der Waals surface area contributed by atoms with Gasteiger partial charge in [0.25, 0.3) is 5.56 Å². The third kappa shape index (κ3) is 5.39. The van der Waals surface area contributed by atoms with Gasteiger partial charge in [0.15, 0.2) is 0 Å². The summed E-state index contributed by atoms with van der Waals surface area (Å²) in [5, 5.41) is 3.65. The highest BCUT2D eigenvalue weighted by Crippen LogP contribution is 2.20. The highest BCUT2D eigenvalue weighted by atomic mass is 16.1. The molecule has 1 fully saturated rings. The number of piperidine rings is 1. The molecule has 0 spiro atoms. The van der Waals surface area contributed by atoms with E-state index in [1.54, 1.807) is 6.07 Å². The minimum Gasteiger partial charge on any atom is -0.352 e. The Kier molecular flexibility index (Phi) is 6.26. The molecule has 6 heteroatoms. The van der Waals surface area contributed by atoms with Gasteiger partial charge in [-0.15, -0.1) is 0 Å². The summed E-state index contributed by atoms with van der Waals surface area (Å²) in [6, 6.07) is 7.35. The first-order valence-electron chi connectivity index (χ1n) is 9.90. The minimum atomic E-state index is -0.155. The lowest BCUT2D eigenvalue weighted by molar-refractivity contribution is -0.121. The van der Waals surface area contributed by atoms with Gasteiger partial charge in [0.2, 0.25) is 5.91 Å². The van der Waals surface area contributed by atoms with Crippen LogP contribution in [0.3, 0.4) is 0 Å². The van der Waals surface area contributed by atoms with Crippen LogP contribution in [0.1, 0.15) is 39.4 Å². The molecule has 2 heterocycles. The van der Waals surface area contributed by atoms with E-state index in [0.717, 1.165) is 19.6 Å². The van der Waals surface area contributed by atoms with Crippen LogP contribution in [0, 0.1) is 11.8 Å². The Morgan fingerprint density at radius 1 is 1.30 bits per heavy atom. The maximum atomic E-state index is 12.3. The predicted molar refractivity (Wildman–Crippen MR) is 108 cm³/mol. The monoisotopic (exact) mass is 370 g/mol. The second-order valence-corrected chi connectivity index (χ2v) is 8.16. The molecule has 1 aliphatic rings. The number of likely N-dealkylation sites (tertiary alicyclic amines) is 1. The Bertz CT molecular complexity index is 837. The lowest BCUT2D eigenvalue weighted by Gasteiger charge is -2.36. The van der Waals surface area contributed by atoms with Crippen molar-refractivity contribution in [3.63, 3.8) is 0 Å². The summed E-state index contributed by atoms with van der Waals surface area (Å²) in [5.74, 6) is 1.98. The maximum absolute atomic E-state index is 12.3. The van der Waals surface area contributed by atoms with Gasteiger partial charge in [0.1, 0.15) is 5.82 Å². The molecule has 0 radical (unpaired) electrons. The SMILES string of the molecule is CC1CC(C)CN(CC(C)NC(=O)CCc2nc3ccccc3c(=O)[nH]2)C1. The molecule has 1 saturated heterocycles. The van der Waals surface area contributed by atoms with Crippen molar-refractivity contribution in [2.24, 2.45) is 11.8 Å². The summed E-state index contributed by atoms with van der Waals surface area (Å²) in [6.45, 7) is 9.73. The van der Waals surface area contributed by atoms with E-state index in [1.807, 2.05) is 18.2 Å². The highest BCUT2D eigenvalue weighted by molar-refractivity contribution is 5.78. The van der Waals surface area contributed by atoms with Crippen LogP contribution in [0.15, 0.2) is 29.1 Å². The zero-order chi connectivity index (χ0) is 19.4. The molecule has 2 aromatic rings. The van der Waals surface area contributed by atoms with Gasteiger partial charge in [-0.2, -0.15) is 0 Å². The number of amides is 1. The number of para-hydroxylation sites is 1. The van der Waals surface area contributed by atoms with Crippen molar-refractivity contribution >= 4 is 16.8 Å². The topological polar surface area (TPSA) is 78.1 Å². The van der Waals surface area contributed by atoms with Crippen molar-refractivity contribution in [3.05, 3.63) is 40.4 Å². The van der Waals surface area contributed by atoms with Crippen molar-refractivity contribution in [2.45, 2.75) is 46.1 Å². The molecular weight excluding hydrogens is 340 g/mol. The first kappa shape index (κ1) is 19.5. The summed E-state index contributed by atoms with van der Waals surface area (Å²) in [5.41, 5.74) is 0.510. The molecule has 1 aliphatic heterocycles. The summed E-state index contributed by atoms with van der Waals surface area (Å²) in [4.78, 5) is 34.1. The zero-order valence-electron chi connectivity index (χ0n) is 16.5. The third-order valence-electron chi connectivity index (χ3n) is 5.13.